The number of carbonyl (C=O) groups excluding carboxylic acids is 2. The lowest BCUT2D eigenvalue weighted by molar-refractivity contribution is -0.120. The molecule has 0 rings (SSSR count). The fourth-order valence-electron chi connectivity index (χ4n) is 0.820. The van der Waals surface area contributed by atoms with E-state index in [-0.39, 0.29) is 18.9 Å². The molecule has 0 heterocycles. The molecule has 0 spiro atoms. The minimum atomic E-state index is -0.514. The van der Waals surface area contributed by atoms with Crippen LogP contribution in [0.3, 0.4) is 0 Å². The zero-order chi connectivity index (χ0) is 11.9. The number of carbonyl (C=O) groups is 2. The average Bonchev–Trinajstić information content (AvgIpc) is 2.00. The second-order valence-corrected chi connectivity index (χ2v) is 4.03. The predicted octanol–water partition coefficient (Wildman–Crippen LogP) is 0.851. The number of alkyl carbamates (subject to hydrolysis) is 1. The van der Waals surface area contributed by atoms with Crippen molar-refractivity contribution in [3.63, 3.8) is 0 Å². The molecule has 0 aromatic carbocycles. The second kappa shape index (κ2) is 6.27. The fraction of sp³-hybridized carbons (Fsp3) is 0.700. The lowest BCUT2D eigenvalue weighted by atomic mass is 10.2. The number of nitrogens with one attached hydrogen (secondary N) is 2. The summed E-state index contributed by atoms with van der Waals surface area (Å²) in [7, 11) is 0. The molecule has 15 heavy (non-hydrogen) atoms. The first-order valence-electron chi connectivity index (χ1n) is 4.88. The van der Waals surface area contributed by atoms with E-state index in [2.05, 4.69) is 17.6 Å². The maximum atomic E-state index is 11.1. The first kappa shape index (κ1) is 13.7. The predicted molar refractivity (Wildman–Crippen MR) is 57.2 cm³/mol. The minimum Gasteiger partial charge on any atom is -0.444 e. The third-order valence-corrected chi connectivity index (χ3v) is 1.34. The topological polar surface area (TPSA) is 67.4 Å². The van der Waals surface area contributed by atoms with E-state index in [9.17, 15) is 9.59 Å². The van der Waals surface area contributed by atoms with Crippen LogP contribution in [-0.2, 0) is 9.53 Å². The van der Waals surface area contributed by atoms with E-state index >= 15 is 0 Å². The number of rotatable bonds is 4. The van der Waals surface area contributed by atoms with Gasteiger partial charge in [0.05, 0.1) is 0 Å². The van der Waals surface area contributed by atoms with Gasteiger partial charge in [-0.2, -0.15) is 0 Å². The van der Waals surface area contributed by atoms with Gasteiger partial charge in [-0.15, -0.1) is 0 Å². The van der Waals surface area contributed by atoms with E-state index in [4.69, 9.17) is 4.74 Å². The van der Waals surface area contributed by atoms with Crippen LogP contribution in [0, 0.1) is 6.92 Å². The molecule has 87 valence electrons. The van der Waals surface area contributed by atoms with Gasteiger partial charge in [-0.1, -0.05) is 0 Å². The first-order valence-corrected chi connectivity index (χ1v) is 4.88. The Bertz CT molecular complexity index is 221. The van der Waals surface area contributed by atoms with Gasteiger partial charge in [-0.3, -0.25) is 4.79 Å². The molecule has 1 radical (unpaired) electrons. The lowest BCUT2D eigenvalue weighted by Crippen LogP contribution is -2.35. The highest BCUT2D eigenvalue weighted by Crippen LogP contribution is 2.06. The van der Waals surface area contributed by atoms with E-state index < -0.39 is 11.7 Å². The minimum absolute atomic E-state index is 0.138. The van der Waals surface area contributed by atoms with E-state index in [0.29, 0.717) is 6.54 Å². The standard InChI is InChI=1S/C10H19N2O3/c1-5-11-8(13)6-7-12-9(14)15-10(2,3)4/h1,5-7H2,2-4H3,(H,11,13)(H,12,14). The Morgan fingerprint density at radius 3 is 2.33 bits per heavy atom. The van der Waals surface area contributed by atoms with Gasteiger partial charge in [0.1, 0.15) is 5.60 Å². The molecule has 0 saturated heterocycles. The molecule has 0 aliphatic heterocycles. The monoisotopic (exact) mass is 215 g/mol. The highest BCUT2D eigenvalue weighted by atomic mass is 16.6. The second-order valence-electron chi connectivity index (χ2n) is 4.03. The molecule has 0 unspecified atom stereocenters. The van der Waals surface area contributed by atoms with Crippen LogP contribution in [0.15, 0.2) is 0 Å². The highest BCUT2D eigenvalue weighted by molar-refractivity contribution is 5.77. The summed E-state index contributed by atoms with van der Waals surface area (Å²) in [6.07, 6.45) is -0.278. The number of hydrogen-bond donors (Lipinski definition) is 2. The van der Waals surface area contributed by atoms with Gasteiger partial charge in [0, 0.05) is 19.5 Å². The molecule has 0 atom stereocenters. The van der Waals surface area contributed by atoms with Crippen LogP contribution in [-0.4, -0.2) is 30.7 Å². The summed E-state index contributed by atoms with van der Waals surface area (Å²) in [5, 5.41) is 5.01. The Hall–Kier alpha value is -1.26. The fourth-order valence-corrected chi connectivity index (χ4v) is 0.820. The van der Waals surface area contributed by atoms with Crippen molar-refractivity contribution in [3.8, 4) is 0 Å². The molecule has 0 saturated carbocycles. The van der Waals surface area contributed by atoms with Crippen LogP contribution < -0.4 is 10.6 Å². The molecule has 2 amide bonds. The van der Waals surface area contributed by atoms with Gasteiger partial charge in [-0.05, 0) is 27.7 Å². The third-order valence-electron chi connectivity index (χ3n) is 1.34. The maximum Gasteiger partial charge on any atom is 0.407 e. The van der Waals surface area contributed by atoms with Gasteiger partial charge in [0.2, 0.25) is 5.91 Å². The summed E-state index contributed by atoms with van der Waals surface area (Å²) in [4.78, 5) is 22.1. The molecule has 0 aliphatic carbocycles. The molecular formula is C10H19N2O3. The quantitative estimate of drug-likeness (QED) is 0.730. The van der Waals surface area contributed by atoms with Crippen LogP contribution >= 0.6 is 0 Å². The zero-order valence-corrected chi connectivity index (χ0v) is 9.55. The molecule has 5 nitrogen and oxygen atoms in total. The van der Waals surface area contributed by atoms with E-state index in [1.807, 2.05) is 0 Å². The Morgan fingerprint density at radius 1 is 1.27 bits per heavy atom. The van der Waals surface area contributed by atoms with Gasteiger partial charge < -0.3 is 15.4 Å². The Kier molecular flexibility index (Phi) is 5.74. The summed E-state index contributed by atoms with van der Waals surface area (Å²) < 4.78 is 4.99. The van der Waals surface area contributed by atoms with E-state index in [1.54, 1.807) is 20.8 Å². The number of ether oxygens (including phenoxy) is 1. The van der Waals surface area contributed by atoms with Crippen molar-refractivity contribution in [2.24, 2.45) is 0 Å². The van der Waals surface area contributed by atoms with Crippen LogP contribution in [0.25, 0.3) is 0 Å². The van der Waals surface area contributed by atoms with Crippen molar-refractivity contribution in [2.45, 2.75) is 32.8 Å². The van der Waals surface area contributed by atoms with Gasteiger partial charge in [0.25, 0.3) is 0 Å². The molecule has 0 bridgehead atoms. The smallest absolute Gasteiger partial charge is 0.407 e. The average molecular weight is 215 g/mol. The molecule has 0 aliphatic rings. The Morgan fingerprint density at radius 2 is 1.87 bits per heavy atom. The molecule has 0 aromatic heterocycles. The summed E-state index contributed by atoms with van der Waals surface area (Å²) in [6.45, 7) is 9.43. The van der Waals surface area contributed by atoms with Gasteiger partial charge in [-0.25, -0.2) is 4.79 Å². The normalized spacial score (nSPS) is 10.7. The Labute approximate surface area is 90.6 Å². The number of hydrogen-bond acceptors (Lipinski definition) is 3. The highest BCUT2D eigenvalue weighted by Gasteiger charge is 2.15. The summed E-state index contributed by atoms with van der Waals surface area (Å²) in [5.41, 5.74) is -0.514. The van der Waals surface area contributed by atoms with Crippen molar-refractivity contribution in [2.75, 3.05) is 13.1 Å². The summed E-state index contributed by atoms with van der Waals surface area (Å²) >= 11 is 0. The maximum absolute atomic E-state index is 11.1. The van der Waals surface area contributed by atoms with Gasteiger partial charge in [0.15, 0.2) is 0 Å². The van der Waals surface area contributed by atoms with Crippen molar-refractivity contribution in [1.29, 1.82) is 0 Å². The van der Waals surface area contributed by atoms with E-state index in [1.165, 1.54) is 0 Å². The largest absolute Gasteiger partial charge is 0.444 e. The van der Waals surface area contributed by atoms with Crippen LogP contribution in [0.5, 0.6) is 0 Å². The van der Waals surface area contributed by atoms with Crippen molar-refractivity contribution < 1.29 is 14.3 Å². The van der Waals surface area contributed by atoms with Gasteiger partial charge >= 0.3 is 6.09 Å². The first-order chi connectivity index (χ1) is 6.85. The van der Waals surface area contributed by atoms with Crippen molar-refractivity contribution in [1.82, 2.24) is 10.6 Å². The van der Waals surface area contributed by atoms with Crippen molar-refractivity contribution in [3.05, 3.63) is 6.92 Å². The molecule has 0 aromatic rings. The van der Waals surface area contributed by atoms with E-state index in [0.717, 1.165) is 0 Å². The lowest BCUT2D eigenvalue weighted by Gasteiger charge is -2.19. The number of amides is 2. The van der Waals surface area contributed by atoms with Crippen LogP contribution in [0.4, 0.5) is 4.79 Å². The summed E-state index contributed by atoms with van der Waals surface area (Å²) in [6, 6.07) is 0. The molecule has 0 fully saturated rings. The van der Waals surface area contributed by atoms with Crippen LogP contribution in [0.1, 0.15) is 27.2 Å². The molecule has 2 N–H and O–H groups in total. The summed E-state index contributed by atoms with van der Waals surface area (Å²) in [5.74, 6) is -0.138. The SMILES string of the molecule is [CH2]CNC(=O)CCNC(=O)OC(C)(C)C. The zero-order valence-electron chi connectivity index (χ0n) is 9.55. The molecular weight excluding hydrogens is 196 g/mol. The molecule has 5 heteroatoms. The van der Waals surface area contributed by atoms with Crippen LogP contribution in [0.2, 0.25) is 0 Å². The Balaban J connectivity index is 3.60. The third kappa shape index (κ3) is 9.05. The van der Waals surface area contributed by atoms with Crippen molar-refractivity contribution >= 4 is 12.0 Å².